The molecule has 1 aromatic rings. The van der Waals surface area contributed by atoms with Crippen molar-refractivity contribution in [3.8, 4) is 0 Å². The normalized spacial score (nSPS) is 11.6. The average molecular weight is 366 g/mol. The molecule has 1 aromatic carbocycles. The molecule has 0 saturated heterocycles. The molecule has 1 rings (SSSR count). The summed E-state index contributed by atoms with van der Waals surface area (Å²) in [6, 6.07) is 1.64. The van der Waals surface area contributed by atoms with Crippen molar-refractivity contribution >= 4 is 23.9 Å². The lowest BCUT2D eigenvalue weighted by Crippen LogP contribution is -2.28. The Morgan fingerprint density at radius 3 is 1.12 bits per heavy atom. The van der Waals surface area contributed by atoms with Gasteiger partial charge in [0.05, 0.1) is 22.3 Å². The first-order valence-corrected chi connectivity index (χ1v) is 7.73. The standard InChI is InChI=1S/C18H22O8/c1-17(2,3)25-15(23)11-7-9(13(19)20)10(14(21)22)8-12(11)16(24)26-18(4,5)6/h7-8H,1-6H3,(H,19,20)(H,21,22). The van der Waals surface area contributed by atoms with Crippen molar-refractivity contribution in [3.63, 3.8) is 0 Å². The van der Waals surface area contributed by atoms with E-state index in [0.717, 1.165) is 12.1 Å². The summed E-state index contributed by atoms with van der Waals surface area (Å²) in [5, 5.41) is 18.5. The summed E-state index contributed by atoms with van der Waals surface area (Å²) in [6.45, 7) is 9.59. The molecular weight excluding hydrogens is 344 g/mol. The van der Waals surface area contributed by atoms with Gasteiger partial charge >= 0.3 is 23.9 Å². The molecule has 26 heavy (non-hydrogen) atoms. The number of rotatable bonds is 4. The number of carbonyl (C=O) groups excluding carboxylic acids is 2. The minimum atomic E-state index is -1.55. The van der Waals surface area contributed by atoms with E-state index in [4.69, 9.17) is 9.47 Å². The maximum absolute atomic E-state index is 12.4. The number of hydrogen-bond acceptors (Lipinski definition) is 6. The van der Waals surface area contributed by atoms with Crippen LogP contribution in [0, 0.1) is 0 Å². The Hall–Kier alpha value is -2.90. The minimum Gasteiger partial charge on any atom is -0.478 e. The van der Waals surface area contributed by atoms with Crippen LogP contribution in [0.1, 0.15) is 83.0 Å². The fourth-order valence-electron chi connectivity index (χ4n) is 1.96. The summed E-state index contributed by atoms with van der Waals surface area (Å²) >= 11 is 0. The van der Waals surface area contributed by atoms with Crippen LogP contribution in [-0.4, -0.2) is 45.3 Å². The highest BCUT2D eigenvalue weighted by molar-refractivity contribution is 6.09. The molecule has 0 aliphatic rings. The number of benzene rings is 1. The fraction of sp³-hybridized carbons (Fsp3) is 0.444. The molecule has 0 radical (unpaired) electrons. The molecule has 0 spiro atoms. The molecule has 0 unspecified atom stereocenters. The fourth-order valence-corrected chi connectivity index (χ4v) is 1.96. The molecule has 2 N–H and O–H groups in total. The Morgan fingerprint density at radius 2 is 0.923 bits per heavy atom. The second-order valence-electron chi connectivity index (χ2n) is 7.56. The topological polar surface area (TPSA) is 127 Å². The zero-order chi connectivity index (χ0) is 20.4. The summed E-state index contributed by atoms with van der Waals surface area (Å²) < 4.78 is 10.4. The summed E-state index contributed by atoms with van der Waals surface area (Å²) in [5.74, 6) is -5.03. The van der Waals surface area contributed by atoms with Gasteiger partial charge in [0.1, 0.15) is 11.2 Å². The predicted octanol–water partition coefficient (Wildman–Crippen LogP) is 2.99. The van der Waals surface area contributed by atoms with Gasteiger partial charge < -0.3 is 19.7 Å². The van der Waals surface area contributed by atoms with Crippen LogP contribution in [0.3, 0.4) is 0 Å². The number of carboxylic acids is 2. The molecule has 8 nitrogen and oxygen atoms in total. The number of carbonyl (C=O) groups is 4. The van der Waals surface area contributed by atoms with Crippen LogP contribution in [0.5, 0.6) is 0 Å². The third-order valence-corrected chi connectivity index (χ3v) is 2.86. The van der Waals surface area contributed by atoms with Gasteiger partial charge in [0.25, 0.3) is 0 Å². The van der Waals surface area contributed by atoms with Crippen molar-refractivity contribution in [1.82, 2.24) is 0 Å². The zero-order valence-electron chi connectivity index (χ0n) is 15.5. The van der Waals surface area contributed by atoms with Gasteiger partial charge in [0.15, 0.2) is 0 Å². The number of hydrogen-bond donors (Lipinski definition) is 2. The van der Waals surface area contributed by atoms with E-state index in [1.165, 1.54) is 0 Å². The lowest BCUT2D eigenvalue weighted by atomic mass is 9.97. The van der Waals surface area contributed by atoms with E-state index in [-0.39, 0.29) is 11.1 Å². The van der Waals surface area contributed by atoms with E-state index in [9.17, 15) is 29.4 Å². The molecular formula is C18H22O8. The van der Waals surface area contributed by atoms with Crippen molar-refractivity contribution in [2.24, 2.45) is 0 Å². The second kappa shape index (κ2) is 7.15. The number of aromatic carboxylic acids is 2. The SMILES string of the molecule is CC(C)(C)OC(=O)c1cc(C(=O)O)c(C(=O)O)cc1C(=O)OC(C)(C)C. The molecule has 0 heterocycles. The van der Waals surface area contributed by atoms with Crippen LogP contribution in [-0.2, 0) is 9.47 Å². The van der Waals surface area contributed by atoms with Crippen molar-refractivity contribution in [1.29, 1.82) is 0 Å². The Balaban J connectivity index is 3.64. The highest BCUT2D eigenvalue weighted by Gasteiger charge is 2.30. The Bertz CT molecular complexity index is 698. The lowest BCUT2D eigenvalue weighted by molar-refractivity contribution is 0.00183. The molecule has 0 fully saturated rings. The van der Waals surface area contributed by atoms with Crippen LogP contribution >= 0.6 is 0 Å². The van der Waals surface area contributed by atoms with Gasteiger partial charge in [-0.3, -0.25) is 0 Å². The Labute approximate surface area is 150 Å². The Morgan fingerprint density at radius 1 is 0.654 bits per heavy atom. The summed E-state index contributed by atoms with van der Waals surface area (Å²) in [6.07, 6.45) is 0. The summed E-state index contributed by atoms with van der Waals surface area (Å²) in [7, 11) is 0. The molecule has 0 atom stereocenters. The van der Waals surface area contributed by atoms with E-state index in [1.807, 2.05) is 0 Å². The largest absolute Gasteiger partial charge is 0.478 e. The second-order valence-corrected chi connectivity index (χ2v) is 7.56. The van der Waals surface area contributed by atoms with Gasteiger partial charge in [-0.05, 0) is 53.7 Å². The van der Waals surface area contributed by atoms with Crippen molar-refractivity contribution in [3.05, 3.63) is 34.4 Å². The van der Waals surface area contributed by atoms with Crippen LogP contribution in [0.25, 0.3) is 0 Å². The first kappa shape index (κ1) is 21.1. The summed E-state index contributed by atoms with van der Waals surface area (Å²) in [4.78, 5) is 47.6. The van der Waals surface area contributed by atoms with E-state index in [0.29, 0.717) is 0 Å². The molecule has 0 amide bonds. The first-order valence-electron chi connectivity index (χ1n) is 7.73. The van der Waals surface area contributed by atoms with Crippen molar-refractivity contribution in [2.45, 2.75) is 52.7 Å². The van der Waals surface area contributed by atoms with Gasteiger partial charge in [-0.25, -0.2) is 19.2 Å². The van der Waals surface area contributed by atoms with Crippen LogP contribution in [0.15, 0.2) is 12.1 Å². The third-order valence-electron chi connectivity index (χ3n) is 2.86. The number of carboxylic acid groups (broad SMARTS) is 2. The van der Waals surface area contributed by atoms with Gasteiger partial charge in [-0.1, -0.05) is 0 Å². The highest BCUT2D eigenvalue weighted by atomic mass is 16.6. The number of ether oxygens (including phenoxy) is 2. The molecule has 0 saturated carbocycles. The maximum Gasteiger partial charge on any atom is 0.339 e. The predicted molar refractivity (Wildman–Crippen MR) is 90.7 cm³/mol. The van der Waals surface area contributed by atoms with Gasteiger partial charge in [0, 0.05) is 0 Å². The number of esters is 2. The Kier molecular flexibility index (Phi) is 5.81. The smallest absolute Gasteiger partial charge is 0.339 e. The zero-order valence-corrected chi connectivity index (χ0v) is 15.5. The van der Waals surface area contributed by atoms with E-state index in [1.54, 1.807) is 41.5 Å². The molecule has 0 aliphatic heterocycles. The van der Waals surface area contributed by atoms with Gasteiger partial charge in [0.2, 0.25) is 0 Å². The van der Waals surface area contributed by atoms with Crippen LogP contribution in [0.4, 0.5) is 0 Å². The van der Waals surface area contributed by atoms with Crippen molar-refractivity contribution in [2.75, 3.05) is 0 Å². The van der Waals surface area contributed by atoms with Crippen LogP contribution in [0.2, 0.25) is 0 Å². The van der Waals surface area contributed by atoms with E-state index in [2.05, 4.69) is 0 Å². The average Bonchev–Trinajstić information content (AvgIpc) is 2.41. The highest BCUT2D eigenvalue weighted by Crippen LogP contribution is 2.23. The summed E-state index contributed by atoms with van der Waals surface area (Å²) in [5.41, 5.74) is -3.83. The third kappa shape index (κ3) is 5.58. The maximum atomic E-state index is 12.4. The monoisotopic (exact) mass is 366 g/mol. The molecule has 142 valence electrons. The molecule has 0 aromatic heterocycles. The van der Waals surface area contributed by atoms with Gasteiger partial charge in [-0.15, -0.1) is 0 Å². The van der Waals surface area contributed by atoms with E-state index < -0.39 is 46.2 Å². The van der Waals surface area contributed by atoms with Crippen LogP contribution < -0.4 is 0 Å². The van der Waals surface area contributed by atoms with Gasteiger partial charge in [-0.2, -0.15) is 0 Å². The minimum absolute atomic E-state index is 0.378. The molecule has 8 heteroatoms. The lowest BCUT2D eigenvalue weighted by Gasteiger charge is -2.23. The quantitative estimate of drug-likeness (QED) is 0.779. The first-order chi connectivity index (χ1) is 11.6. The molecule has 0 bridgehead atoms. The van der Waals surface area contributed by atoms with E-state index >= 15 is 0 Å². The molecule has 0 aliphatic carbocycles. The van der Waals surface area contributed by atoms with Crippen molar-refractivity contribution < 1.29 is 38.9 Å².